The highest BCUT2D eigenvalue weighted by atomic mass is 16.2. The third-order valence-electron chi connectivity index (χ3n) is 3.44. The van der Waals surface area contributed by atoms with Crippen molar-refractivity contribution in [1.29, 1.82) is 0 Å². The van der Waals surface area contributed by atoms with E-state index in [1.165, 1.54) is 0 Å². The van der Waals surface area contributed by atoms with Gasteiger partial charge in [0.2, 0.25) is 5.91 Å². The van der Waals surface area contributed by atoms with Crippen molar-refractivity contribution in [3.05, 3.63) is 36.3 Å². The Kier molecular flexibility index (Phi) is 4.65. The molecular weight excluding hydrogens is 292 g/mol. The molecule has 2 aromatic heterocycles. The van der Waals surface area contributed by atoms with E-state index >= 15 is 0 Å². The molecule has 3 rings (SSSR count). The molecule has 0 spiro atoms. The summed E-state index contributed by atoms with van der Waals surface area (Å²) in [5.41, 5.74) is 0. The van der Waals surface area contributed by atoms with Gasteiger partial charge >= 0.3 is 0 Å². The molecule has 0 saturated heterocycles. The van der Waals surface area contributed by atoms with Gasteiger partial charge in [-0.3, -0.25) is 4.79 Å². The minimum absolute atomic E-state index is 0.156. The van der Waals surface area contributed by atoms with Gasteiger partial charge in [-0.2, -0.15) is 0 Å². The number of nitrogens with one attached hydrogen (secondary N) is 3. The van der Waals surface area contributed by atoms with Gasteiger partial charge in [0, 0.05) is 31.3 Å². The van der Waals surface area contributed by atoms with Crippen molar-refractivity contribution in [2.75, 3.05) is 23.7 Å². The van der Waals surface area contributed by atoms with Gasteiger partial charge in [-0.1, -0.05) is 6.07 Å². The van der Waals surface area contributed by atoms with E-state index < -0.39 is 0 Å². The maximum atomic E-state index is 11.5. The molecule has 2 aromatic rings. The zero-order valence-electron chi connectivity index (χ0n) is 13.0. The highest BCUT2D eigenvalue weighted by Gasteiger charge is 2.28. The maximum Gasteiger partial charge on any atom is 0.223 e. The Morgan fingerprint density at radius 2 is 2.00 bits per heavy atom. The lowest BCUT2D eigenvalue weighted by Crippen LogP contribution is -2.30. The van der Waals surface area contributed by atoms with Crippen LogP contribution in [0.15, 0.2) is 30.5 Å². The van der Waals surface area contributed by atoms with E-state index in [0.29, 0.717) is 24.7 Å². The summed E-state index contributed by atoms with van der Waals surface area (Å²) in [6.07, 6.45) is 3.76. The molecule has 0 aromatic carbocycles. The van der Waals surface area contributed by atoms with Crippen LogP contribution >= 0.6 is 0 Å². The second kappa shape index (κ2) is 7.04. The molecule has 0 bridgehead atoms. The lowest BCUT2D eigenvalue weighted by atomic mass is 10.4. The van der Waals surface area contributed by atoms with Crippen molar-refractivity contribution in [1.82, 2.24) is 20.3 Å². The number of pyridine rings is 1. The zero-order valence-corrected chi connectivity index (χ0v) is 13.0. The number of carbonyl (C=O) groups is 1. The Balaban J connectivity index is 1.53. The Bertz CT molecular complexity index is 672. The molecule has 0 aliphatic heterocycles. The van der Waals surface area contributed by atoms with Gasteiger partial charge in [0.05, 0.1) is 0 Å². The summed E-state index contributed by atoms with van der Waals surface area (Å²) in [6.45, 7) is 3.04. The van der Waals surface area contributed by atoms with E-state index in [4.69, 9.17) is 0 Å². The molecule has 23 heavy (non-hydrogen) atoms. The lowest BCUT2D eigenvalue weighted by molar-refractivity contribution is -0.122. The molecule has 1 fully saturated rings. The monoisotopic (exact) mass is 312 g/mol. The number of rotatable bonds is 7. The van der Waals surface area contributed by atoms with Crippen LogP contribution < -0.4 is 16.0 Å². The summed E-state index contributed by atoms with van der Waals surface area (Å²) in [5, 5.41) is 9.26. The first-order valence-corrected chi connectivity index (χ1v) is 7.76. The van der Waals surface area contributed by atoms with Crippen molar-refractivity contribution in [3.63, 3.8) is 0 Å². The molecule has 0 atom stereocenters. The van der Waals surface area contributed by atoms with Gasteiger partial charge in [0.1, 0.15) is 23.3 Å². The maximum absolute atomic E-state index is 11.5. The van der Waals surface area contributed by atoms with E-state index in [9.17, 15) is 4.79 Å². The van der Waals surface area contributed by atoms with Gasteiger partial charge in [-0.05, 0) is 31.9 Å². The number of hydrogen-bond acceptors (Lipinski definition) is 6. The van der Waals surface area contributed by atoms with Crippen LogP contribution in [-0.2, 0) is 4.79 Å². The number of hydrogen-bond donors (Lipinski definition) is 3. The van der Waals surface area contributed by atoms with Crippen molar-refractivity contribution in [2.24, 2.45) is 5.92 Å². The fourth-order valence-electron chi connectivity index (χ4n) is 2.16. The van der Waals surface area contributed by atoms with Crippen molar-refractivity contribution >= 4 is 23.4 Å². The predicted molar refractivity (Wildman–Crippen MR) is 88.5 cm³/mol. The Morgan fingerprint density at radius 3 is 2.74 bits per heavy atom. The molecule has 1 aliphatic rings. The molecule has 3 N–H and O–H groups in total. The molecule has 0 radical (unpaired) electrons. The van der Waals surface area contributed by atoms with Crippen LogP contribution in [0.2, 0.25) is 0 Å². The van der Waals surface area contributed by atoms with Gasteiger partial charge in [0.15, 0.2) is 0 Å². The van der Waals surface area contributed by atoms with Crippen molar-refractivity contribution in [2.45, 2.75) is 19.8 Å². The average molecular weight is 312 g/mol. The highest BCUT2D eigenvalue weighted by molar-refractivity contribution is 5.80. The van der Waals surface area contributed by atoms with Gasteiger partial charge < -0.3 is 16.0 Å². The number of anilines is 3. The summed E-state index contributed by atoms with van der Waals surface area (Å²) in [7, 11) is 0. The molecule has 1 aliphatic carbocycles. The summed E-state index contributed by atoms with van der Waals surface area (Å²) in [4.78, 5) is 24.4. The normalized spacial score (nSPS) is 13.4. The Labute approximate surface area is 135 Å². The van der Waals surface area contributed by atoms with Crippen LogP contribution in [0.25, 0.3) is 0 Å². The summed E-state index contributed by atoms with van der Waals surface area (Å²) in [6, 6.07) is 7.47. The molecule has 1 saturated carbocycles. The molecule has 7 nitrogen and oxygen atoms in total. The summed E-state index contributed by atoms with van der Waals surface area (Å²) < 4.78 is 0. The lowest BCUT2D eigenvalue weighted by Gasteiger charge is -2.10. The number of carbonyl (C=O) groups excluding carboxylic acids is 1. The van der Waals surface area contributed by atoms with Crippen LogP contribution in [0, 0.1) is 12.8 Å². The standard InChI is InChI=1S/C16H20N6O/c1-11-20-14(18-8-9-19-16(23)12-5-6-12)10-15(21-11)22-13-4-2-3-7-17-13/h2-4,7,10,12H,5-6,8-9H2,1H3,(H,19,23)(H2,17,18,20,21,22). The molecule has 0 unspecified atom stereocenters. The SMILES string of the molecule is Cc1nc(NCCNC(=O)C2CC2)cc(Nc2ccccn2)n1. The number of aryl methyl sites for hydroxylation is 1. The number of amides is 1. The Hall–Kier alpha value is -2.70. The minimum atomic E-state index is 0.156. The fourth-order valence-corrected chi connectivity index (χ4v) is 2.16. The first-order valence-electron chi connectivity index (χ1n) is 7.76. The third-order valence-corrected chi connectivity index (χ3v) is 3.44. The van der Waals surface area contributed by atoms with Crippen LogP contribution in [0.3, 0.4) is 0 Å². The van der Waals surface area contributed by atoms with Crippen LogP contribution in [0.1, 0.15) is 18.7 Å². The van der Waals surface area contributed by atoms with E-state index in [-0.39, 0.29) is 11.8 Å². The second-order valence-corrected chi connectivity index (χ2v) is 5.52. The quantitative estimate of drug-likeness (QED) is 0.676. The van der Waals surface area contributed by atoms with E-state index in [1.54, 1.807) is 6.20 Å². The first-order chi connectivity index (χ1) is 11.2. The number of nitrogens with zero attached hydrogens (tertiary/aromatic N) is 3. The topological polar surface area (TPSA) is 91.8 Å². The minimum Gasteiger partial charge on any atom is -0.368 e. The average Bonchev–Trinajstić information content (AvgIpc) is 3.37. The first kappa shape index (κ1) is 15.2. The third kappa shape index (κ3) is 4.64. The van der Waals surface area contributed by atoms with Gasteiger partial charge in [0.25, 0.3) is 0 Å². The van der Waals surface area contributed by atoms with Gasteiger partial charge in [-0.15, -0.1) is 0 Å². The molecule has 1 amide bonds. The molecule has 2 heterocycles. The van der Waals surface area contributed by atoms with Crippen LogP contribution in [0.5, 0.6) is 0 Å². The summed E-state index contributed by atoms with van der Waals surface area (Å²) in [5.74, 6) is 3.19. The van der Waals surface area contributed by atoms with Crippen LogP contribution in [0.4, 0.5) is 17.5 Å². The van der Waals surface area contributed by atoms with E-state index in [0.717, 1.165) is 24.5 Å². The molecule has 120 valence electrons. The number of aromatic nitrogens is 3. The van der Waals surface area contributed by atoms with Crippen molar-refractivity contribution in [3.8, 4) is 0 Å². The summed E-state index contributed by atoms with van der Waals surface area (Å²) >= 11 is 0. The smallest absolute Gasteiger partial charge is 0.223 e. The zero-order chi connectivity index (χ0) is 16.1. The largest absolute Gasteiger partial charge is 0.368 e. The van der Waals surface area contributed by atoms with Gasteiger partial charge in [-0.25, -0.2) is 15.0 Å². The van der Waals surface area contributed by atoms with Crippen molar-refractivity contribution < 1.29 is 4.79 Å². The second-order valence-electron chi connectivity index (χ2n) is 5.52. The fraction of sp³-hybridized carbons (Fsp3) is 0.375. The van der Waals surface area contributed by atoms with E-state index in [1.807, 2.05) is 31.2 Å². The highest BCUT2D eigenvalue weighted by Crippen LogP contribution is 2.28. The predicted octanol–water partition coefficient (Wildman–Crippen LogP) is 1.86. The van der Waals surface area contributed by atoms with Crippen LogP contribution in [-0.4, -0.2) is 33.9 Å². The molecular formula is C16H20N6O. The Morgan fingerprint density at radius 1 is 1.17 bits per heavy atom. The van der Waals surface area contributed by atoms with E-state index in [2.05, 4.69) is 30.9 Å². The molecule has 7 heteroatoms.